The van der Waals surface area contributed by atoms with E-state index in [1.54, 1.807) is 0 Å². The molecule has 0 aromatic carbocycles. The van der Waals surface area contributed by atoms with Gasteiger partial charge in [0.15, 0.2) is 0 Å². The van der Waals surface area contributed by atoms with Crippen molar-refractivity contribution < 1.29 is 5.11 Å². The van der Waals surface area contributed by atoms with Gasteiger partial charge < -0.3 is 5.11 Å². The molecular weight excluding hydrogens is 244 g/mol. The minimum atomic E-state index is -0.205. The largest absolute Gasteiger partial charge is 0.392 e. The van der Waals surface area contributed by atoms with Crippen LogP contribution < -0.4 is 0 Å². The first-order valence-corrected chi connectivity index (χ1v) is 8.21. The summed E-state index contributed by atoms with van der Waals surface area (Å²) in [6.45, 7) is 10.7. The Hall–Kier alpha value is -0.920. The van der Waals surface area contributed by atoms with Crippen molar-refractivity contribution in [1.29, 1.82) is 0 Å². The molecule has 0 bridgehead atoms. The van der Waals surface area contributed by atoms with Crippen LogP contribution >= 0.6 is 0 Å². The Morgan fingerprint density at radius 3 is 1.70 bits per heavy atom. The van der Waals surface area contributed by atoms with E-state index in [0.29, 0.717) is 6.42 Å². The lowest BCUT2D eigenvalue weighted by atomic mass is 10.0. The zero-order valence-corrected chi connectivity index (χ0v) is 14.3. The van der Waals surface area contributed by atoms with Crippen molar-refractivity contribution in [2.45, 2.75) is 92.1 Å². The monoisotopic (exact) mass is 278 g/mol. The van der Waals surface area contributed by atoms with Gasteiger partial charge in [0.05, 0.1) is 6.10 Å². The number of rotatable bonds is 6. The highest BCUT2D eigenvalue weighted by Gasteiger charge is 1.97. The Balaban J connectivity index is 0. The summed E-state index contributed by atoms with van der Waals surface area (Å²) in [6.07, 6.45) is 7.92. The highest BCUT2D eigenvalue weighted by molar-refractivity contribution is 4.99. The van der Waals surface area contributed by atoms with Crippen molar-refractivity contribution in [3.63, 3.8) is 0 Å². The molecule has 0 aliphatic heterocycles. The maximum absolute atomic E-state index is 9.17. The molecular formula is C19H34O. The summed E-state index contributed by atoms with van der Waals surface area (Å²) in [4.78, 5) is 0. The van der Waals surface area contributed by atoms with E-state index in [0.717, 1.165) is 38.0 Å². The van der Waals surface area contributed by atoms with Crippen LogP contribution in [0.15, 0.2) is 0 Å². The Bertz CT molecular complexity index is 265. The summed E-state index contributed by atoms with van der Waals surface area (Å²) in [7, 11) is 0. The Morgan fingerprint density at radius 2 is 1.25 bits per heavy atom. The molecule has 20 heavy (non-hydrogen) atoms. The molecule has 2 unspecified atom stereocenters. The molecule has 0 saturated heterocycles. The molecule has 0 heterocycles. The standard InChI is InChI=1S/C10H18.C9H16O/c1-4-6-7-9-10(3)8-5-2;1-3-5-6-8-9(10)7-4-2/h10H,4-5,8-9H2,1-3H3;9-10H,3-4,7-8H2,1-2H3. The molecule has 0 radical (unpaired) electrons. The lowest BCUT2D eigenvalue weighted by Crippen LogP contribution is -2.03. The normalized spacial score (nSPS) is 11.9. The molecule has 0 fully saturated rings. The third-order valence-corrected chi connectivity index (χ3v) is 2.80. The van der Waals surface area contributed by atoms with Gasteiger partial charge in [-0.1, -0.05) is 53.9 Å². The van der Waals surface area contributed by atoms with Crippen LogP contribution in [-0.4, -0.2) is 11.2 Å². The second-order valence-corrected chi connectivity index (χ2v) is 5.16. The van der Waals surface area contributed by atoms with Crippen LogP contribution in [0.2, 0.25) is 0 Å². The number of aliphatic hydroxyl groups excluding tert-OH is 1. The predicted octanol–water partition coefficient (Wildman–Crippen LogP) is 5.18. The van der Waals surface area contributed by atoms with Crippen molar-refractivity contribution in [2.24, 2.45) is 5.92 Å². The smallest absolute Gasteiger partial charge is 0.0649 e. The van der Waals surface area contributed by atoms with Crippen LogP contribution in [0.3, 0.4) is 0 Å². The molecule has 0 aromatic rings. The second kappa shape index (κ2) is 18.1. The van der Waals surface area contributed by atoms with Gasteiger partial charge in [-0.25, -0.2) is 0 Å². The van der Waals surface area contributed by atoms with Crippen molar-refractivity contribution >= 4 is 0 Å². The first-order valence-electron chi connectivity index (χ1n) is 8.21. The van der Waals surface area contributed by atoms with Gasteiger partial charge in [-0.15, -0.1) is 23.7 Å². The fourth-order valence-corrected chi connectivity index (χ4v) is 1.72. The van der Waals surface area contributed by atoms with Gasteiger partial charge >= 0.3 is 0 Å². The van der Waals surface area contributed by atoms with E-state index in [2.05, 4.69) is 51.4 Å². The fraction of sp³-hybridized carbons (Fsp3) is 0.789. The molecule has 0 rings (SSSR count). The van der Waals surface area contributed by atoms with Gasteiger partial charge in [0.1, 0.15) is 0 Å². The average Bonchev–Trinajstić information content (AvgIpc) is 2.41. The van der Waals surface area contributed by atoms with Crippen molar-refractivity contribution in [3.05, 3.63) is 0 Å². The molecule has 0 aliphatic carbocycles. The van der Waals surface area contributed by atoms with Gasteiger partial charge in [0.25, 0.3) is 0 Å². The topological polar surface area (TPSA) is 20.2 Å². The van der Waals surface area contributed by atoms with Gasteiger partial charge in [-0.05, 0) is 12.3 Å². The van der Waals surface area contributed by atoms with E-state index in [-0.39, 0.29) is 6.10 Å². The van der Waals surface area contributed by atoms with Crippen LogP contribution in [0, 0.1) is 29.6 Å². The van der Waals surface area contributed by atoms with Crippen LogP contribution in [0.5, 0.6) is 0 Å². The van der Waals surface area contributed by atoms with E-state index < -0.39 is 0 Å². The van der Waals surface area contributed by atoms with Gasteiger partial charge in [0, 0.05) is 25.7 Å². The van der Waals surface area contributed by atoms with Gasteiger partial charge in [0.2, 0.25) is 0 Å². The minimum Gasteiger partial charge on any atom is -0.392 e. The van der Waals surface area contributed by atoms with Gasteiger partial charge in [-0.2, -0.15) is 0 Å². The molecule has 0 spiro atoms. The Labute approximate surface area is 127 Å². The lowest BCUT2D eigenvalue weighted by molar-refractivity contribution is 0.169. The summed E-state index contributed by atoms with van der Waals surface area (Å²) < 4.78 is 0. The molecule has 0 aromatic heterocycles. The summed E-state index contributed by atoms with van der Waals surface area (Å²) in [5.41, 5.74) is 0. The van der Waals surface area contributed by atoms with Crippen molar-refractivity contribution in [2.75, 3.05) is 0 Å². The highest BCUT2D eigenvalue weighted by atomic mass is 16.3. The fourth-order valence-electron chi connectivity index (χ4n) is 1.72. The van der Waals surface area contributed by atoms with Crippen molar-refractivity contribution in [1.82, 2.24) is 0 Å². The maximum atomic E-state index is 9.17. The zero-order valence-electron chi connectivity index (χ0n) is 14.3. The van der Waals surface area contributed by atoms with Crippen LogP contribution in [0.4, 0.5) is 0 Å². The van der Waals surface area contributed by atoms with Crippen LogP contribution in [0.1, 0.15) is 86.0 Å². The molecule has 116 valence electrons. The number of hydrogen-bond acceptors (Lipinski definition) is 1. The lowest BCUT2D eigenvalue weighted by Gasteiger charge is -2.02. The first-order chi connectivity index (χ1) is 9.62. The van der Waals surface area contributed by atoms with E-state index in [9.17, 15) is 5.11 Å². The number of aliphatic hydroxyl groups is 1. The van der Waals surface area contributed by atoms with E-state index in [4.69, 9.17) is 0 Å². The summed E-state index contributed by atoms with van der Waals surface area (Å²) in [6, 6.07) is 0. The van der Waals surface area contributed by atoms with E-state index in [1.165, 1.54) is 12.8 Å². The molecule has 1 nitrogen and oxygen atoms in total. The van der Waals surface area contributed by atoms with Crippen molar-refractivity contribution in [3.8, 4) is 23.7 Å². The summed E-state index contributed by atoms with van der Waals surface area (Å²) in [5.74, 6) is 12.9. The third kappa shape index (κ3) is 19.4. The van der Waals surface area contributed by atoms with E-state index >= 15 is 0 Å². The molecule has 0 saturated carbocycles. The van der Waals surface area contributed by atoms with Crippen LogP contribution in [0.25, 0.3) is 0 Å². The zero-order chi connectivity index (χ0) is 15.6. The predicted molar refractivity (Wildman–Crippen MR) is 90.4 cm³/mol. The molecule has 1 heteroatoms. The average molecular weight is 278 g/mol. The first kappa shape index (κ1) is 21.4. The molecule has 0 amide bonds. The maximum Gasteiger partial charge on any atom is 0.0649 e. The SMILES string of the molecule is CCC#CCC(C)CCC.CCC#CCC(O)CCC. The Kier molecular flexibility index (Phi) is 19.3. The second-order valence-electron chi connectivity index (χ2n) is 5.16. The van der Waals surface area contributed by atoms with Crippen LogP contribution in [-0.2, 0) is 0 Å². The molecule has 0 aliphatic rings. The molecule has 1 N–H and O–H groups in total. The minimum absolute atomic E-state index is 0.205. The van der Waals surface area contributed by atoms with E-state index in [1.807, 2.05) is 6.92 Å². The quantitative estimate of drug-likeness (QED) is 0.664. The number of hydrogen-bond donors (Lipinski definition) is 1. The summed E-state index contributed by atoms with van der Waals surface area (Å²) >= 11 is 0. The highest BCUT2D eigenvalue weighted by Crippen LogP contribution is 2.07. The van der Waals surface area contributed by atoms with Gasteiger partial charge in [-0.3, -0.25) is 0 Å². The summed E-state index contributed by atoms with van der Waals surface area (Å²) in [5, 5.41) is 9.17. The third-order valence-electron chi connectivity index (χ3n) is 2.80. The Morgan fingerprint density at radius 1 is 0.750 bits per heavy atom. The molecule has 2 atom stereocenters.